The van der Waals surface area contributed by atoms with E-state index in [1.54, 1.807) is 36.5 Å². The predicted molar refractivity (Wildman–Crippen MR) is 152 cm³/mol. The maximum atomic E-state index is 13.2. The van der Waals surface area contributed by atoms with E-state index >= 15 is 0 Å². The fourth-order valence-corrected chi connectivity index (χ4v) is 6.10. The van der Waals surface area contributed by atoms with Gasteiger partial charge in [0.05, 0.1) is 16.1 Å². The van der Waals surface area contributed by atoms with Crippen LogP contribution in [0.3, 0.4) is 0 Å². The summed E-state index contributed by atoms with van der Waals surface area (Å²) in [5, 5.41) is 5.07. The van der Waals surface area contributed by atoms with Gasteiger partial charge in [-0.3, -0.25) is 4.98 Å². The minimum atomic E-state index is -4.66. The fraction of sp³-hybridized carbons (Fsp3) is 0.259. The van der Waals surface area contributed by atoms with Crippen molar-refractivity contribution in [3.05, 3.63) is 77.7 Å². The van der Waals surface area contributed by atoms with Gasteiger partial charge in [0, 0.05) is 54.0 Å². The molecule has 1 fully saturated rings. The van der Waals surface area contributed by atoms with Crippen LogP contribution < -0.4 is 15.4 Å². The monoisotopic (exact) mass is 606 g/mol. The summed E-state index contributed by atoms with van der Waals surface area (Å²) < 4.78 is 69.6. The second kappa shape index (κ2) is 11.7. The normalized spacial score (nSPS) is 14.4. The van der Waals surface area contributed by atoms with E-state index in [1.807, 2.05) is 0 Å². The summed E-state index contributed by atoms with van der Waals surface area (Å²) in [6.45, 7) is 2.86. The highest BCUT2D eigenvalue weighted by molar-refractivity contribution is 7.88. The number of carbonyl (C=O) groups is 1. The van der Waals surface area contributed by atoms with Crippen LogP contribution in [0.4, 0.5) is 29.3 Å². The molecule has 2 aromatic heterocycles. The Balaban J connectivity index is 1.30. The minimum absolute atomic E-state index is 0.0774. The Morgan fingerprint density at radius 3 is 2.39 bits per heavy atom. The van der Waals surface area contributed by atoms with E-state index in [4.69, 9.17) is 11.6 Å². The van der Waals surface area contributed by atoms with Crippen LogP contribution in [-0.2, 0) is 16.4 Å². The summed E-state index contributed by atoms with van der Waals surface area (Å²) in [7, 11) is -3.87. The Morgan fingerprint density at radius 2 is 1.68 bits per heavy atom. The SMILES string of the molecule is O=C(Nc1ccc(-c2cn(S(=O)(=O)NCCN3CCCC3)c3ccncc23)cc1)Nc1ccc(Cl)c(C(F)(F)F)c1. The molecule has 1 saturated heterocycles. The predicted octanol–water partition coefficient (Wildman–Crippen LogP) is 5.80. The number of rotatable bonds is 8. The number of carbonyl (C=O) groups excluding carboxylic acids is 1. The first-order valence-electron chi connectivity index (χ1n) is 12.7. The Hall–Kier alpha value is -3.65. The van der Waals surface area contributed by atoms with Crippen LogP contribution in [0.1, 0.15) is 18.4 Å². The Labute approximate surface area is 239 Å². The molecule has 0 radical (unpaired) electrons. The largest absolute Gasteiger partial charge is 0.417 e. The van der Waals surface area contributed by atoms with E-state index in [0.717, 1.165) is 38.1 Å². The average Bonchev–Trinajstić information content (AvgIpc) is 3.58. The molecule has 0 spiro atoms. The highest BCUT2D eigenvalue weighted by Crippen LogP contribution is 2.36. The molecule has 9 nitrogen and oxygen atoms in total. The lowest BCUT2D eigenvalue weighted by Crippen LogP contribution is -2.36. The first-order chi connectivity index (χ1) is 19.5. The van der Waals surface area contributed by atoms with Crippen molar-refractivity contribution in [1.82, 2.24) is 18.6 Å². The summed E-state index contributed by atoms with van der Waals surface area (Å²) in [6.07, 6.45) is 2.21. The van der Waals surface area contributed by atoms with Crippen molar-refractivity contribution >= 4 is 50.1 Å². The standard InChI is InChI=1S/C27H26ClF3N6O3S/c28-24-8-7-20(15-23(24)27(29,30)31)35-26(38)34-19-5-3-18(4-6-19)22-17-37(25-9-10-32-16-21(22)25)41(39,40)33-11-14-36-12-1-2-13-36/h3-10,15-17,33H,1-2,11-14H2,(H2,34,35,38). The number of benzene rings is 2. The number of halogens is 4. The highest BCUT2D eigenvalue weighted by Gasteiger charge is 2.33. The van der Waals surface area contributed by atoms with Crippen LogP contribution >= 0.6 is 11.6 Å². The van der Waals surface area contributed by atoms with E-state index in [1.165, 1.54) is 22.4 Å². The van der Waals surface area contributed by atoms with Crippen molar-refractivity contribution < 1.29 is 26.4 Å². The number of amides is 2. The van der Waals surface area contributed by atoms with Gasteiger partial charge in [0.1, 0.15) is 0 Å². The van der Waals surface area contributed by atoms with Gasteiger partial charge >= 0.3 is 22.4 Å². The summed E-state index contributed by atoms with van der Waals surface area (Å²) in [5.74, 6) is 0. The third kappa shape index (κ3) is 6.64. The molecule has 1 aliphatic heterocycles. The third-order valence-corrected chi connectivity index (χ3v) is 8.44. The lowest BCUT2D eigenvalue weighted by Gasteiger charge is -2.15. The van der Waals surface area contributed by atoms with E-state index in [-0.39, 0.29) is 5.69 Å². The molecule has 2 amide bonds. The van der Waals surface area contributed by atoms with Crippen LogP contribution in [0.25, 0.3) is 22.0 Å². The molecule has 0 atom stereocenters. The Bertz CT molecular complexity index is 1670. The van der Waals surface area contributed by atoms with Gasteiger partial charge in [-0.1, -0.05) is 23.7 Å². The lowest BCUT2D eigenvalue weighted by molar-refractivity contribution is -0.137. The highest BCUT2D eigenvalue weighted by atomic mass is 35.5. The molecule has 2 aromatic carbocycles. The number of hydrogen-bond donors (Lipinski definition) is 3. The zero-order valence-electron chi connectivity index (χ0n) is 21.6. The molecule has 0 bridgehead atoms. The van der Waals surface area contributed by atoms with Crippen molar-refractivity contribution in [3.63, 3.8) is 0 Å². The second-order valence-electron chi connectivity index (χ2n) is 9.53. The van der Waals surface area contributed by atoms with E-state index in [2.05, 4.69) is 25.2 Å². The van der Waals surface area contributed by atoms with Crippen LogP contribution in [-0.4, -0.2) is 54.5 Å². The number of anilines is 2. The molecule has 3 N–H and O–H groups in total. The molecule has 216 valence electrons. The smallest absolute Gasteiger partial charge is 0.308 e. The van der Waals surface area contributed by atoms with Crippen molar-refractivity contribution in [3.8, 4) is 11.1 Å². The number of nitrogens with one attached hydrogen (secondary N) is 3. The van der Waals surface area contributed by atoms with Crippen LogP contribution in [0, 0.1) is 0 Å². The zero-order valence-corrected chi connectivity index (χ0v) is 23.2. The number of urea groups is 1. The van der Waals surface area contributed by atoms with Crippen LogP contribution in [0.5, 0.6) is 0 Å². The zero-order chi connectivity index (χ0) is 29.2. The summed E-state index contributed by atoms with van der Waals surface area (Å²) >= 11 is 5.63. The van der Waals surface area contributed by atoms with Gasteiger partial charge in [-0.15, -0.1) is 0 Å². The third-order valence-electron chi connectivity index (χ3n) is 6.73. The summed E-state index contributed by atoms with van der Waals surface area (Å²) in [4.78, 5) is 18.8. The lowest BCUT2D eigenvalue weighted by atomic mass is 10.1. The molecule has 4 aromatic rings. The van der Waals surface area contributed by atoms with Gasteiger partial charge in [-0.05, 0) is 67.9 Å². The number of aromatic nitrogens is 2. The first kappa shape index (κ1) is 28.9. The average molecular weight is 607 g/mol. The molecule has 5 rings (SSSR count). The Kier molecular flexibility index (Phi) is 8.23. The number of hydrogen-bond acceptors (Lipinski definition) is 5. The number of likely N-dealkylation sites (tertiary alicyclic amines) is 1. The van der Waals surface area contributed by atoms with Gasteiger partial charge in [-0.25, -0.2) is 8.77 Å². The van der Waals surface area contributed by atoms with Gasteiger partial charge in [0.2, 0.25) is 0 Å². The molecule has 1 aliphatic rings. The molecular weight excluding hydrogens is 581 g/mol. The summed E-state index contributed by atoms with van der Waals surface area (Å²) in [5.41, 5.74) is 0.994. The molecule has 0 unspecified atom stereocenters. The Morgan fingerprint density at radius 1 is 1.00 bits per heavy atom. The van der Waals surface area contributed by atoms with Crippen molar-refractivity contribution in [2.45, 2.75) is 19.0 Å². The van der Waals surface area contributed by atoms with Crippen molar-refractivity contribution in [2.75, 3.05) is 36.8 Å². The number of pyridine rings is 1. The van der Waals surface area contributed by atoms with E-state index in [9.17, 15) is 26.4 Å². The maximum Gasteiger partial charge on any atom is 0.417 e. The van der Waals surface area contributed by atoms with Crippen molar-refractivity contribution in [1.29, 1.82) is 0 Å². The van der Waals surface area contributed by atoms with Gasteiger partial charge < -0.3 is 15.5 Å². The molecule has 3 heterocycles. The minimum Gasteiger partial charge on any atom is -0.308 e. The molecular formula is C27H26ClF3N6O3S. The maximum absolute atomic E-state index is 13.2. The van der Waals surface area contributed by atoms with Crippen LogP contribution in [0.15, 0.2) is 67.1 Å². The van der Waals surface area contributed by atoms with Crippen LogP contribution in [0.2, 0.25) is 5.02 Å². The van der Waals surface area contributed by atoms with E-state index < -0.39 is 33.0 Å². The van der Waals surface area contributed by atoms with E-state index in [0.29, 0.717) is 40.8 Å². The second-order valence-corrected chi connectivity index (χ2v) is 11.6. The number of nitrogens with zero attached hydrogens (tertiary/aromatic N) is 3. The number of fused-ring (bicyclic) bond motifs is 1. The molecule has 0 saturated carbocycles. The molecule has 41 heavy (non-hydrogen) atoms. The van der Waals surface area contributed by atoms with Crippen molar-refractivity contribution in [2.24, 2.45) is 0 Å². The molecule has 0 aliphatic carbocycles. The quantitative estimate of drug-likeness (QED) is 0.235. The first-order valence-corrected chi connectivity index (χ1v) is 14.6. The molecule has 14 heteroatoms. The summed E-state index contributed by atoms with van der Waals surface area (Å²) in [6, 6.07) is 10.5. The topological polar surface area (TPSA) is 108 Å². The number of alkyl halides is 3. The van der Waals surface area contributed by atoms with Gasteiger partial charge in [0.25, 0.3) is 0 Å². The fourth-order valence-electron chi connectivity index (χ4n) is 4.73. The van der Waals surface area contributed by atoms with Gasteiger partial charge in [-0.2, -0.15) is 26.3 Å². The van der Waals surface area contributed by atoms with Gasteiger partial charge in [0.15, 0.2) is 0 Å².